The number of nitrogens with zero attached hydrogens (tertiary/aromatic N) is 3. The fourth-order valence-corrected chi connectivity index (χ4v) is 3.51. The van der Waals surface area contributed by atoms with Crippen molar-refractivity contribution in [3.05, 3.63) is 53.6 Å². The van der Waals surface area contributed by atoms with Crippen molar-refractivity contribution in [1.29, 1.82) is 0 Å². The molecule has 2 heterocycles. The molecule has 0 bridgehead atoms. The van der Waals surface area contributed by atoms with E-state index in [0.717, 1.165) is 31.5 Å². The Morgan fingerprint density at radius 1 is 1.28 bits per heavy atom. The Kier molecular flexibility index (Phi) is 6.18. The molecule has 1 saturated heterocycles. The second-order valence-corrected chi connectivity index (χ2v) is 6.58. The highest BCUT2D eigenvalue weighted by Crippen LogP contribution is 2.26. The normalized spacial score (nSPS) is 21.1. The highest BCUT2D eigenvalue weighted by Gasteiger charge is 2.35. The summed E-state index contributed by atoms with van der Waals surface area (Å²) in [5.41, 5.74) is 2.19. The van der Waals surface area contributed by atoms with Gasteiger partial charge in [0.1, 0.15) is 5.82 Å². The Balaban J connectivity index is 1.70. The van der Waals surface area contributed by atoms with Crippen molar-refractivity contribution in [2.24, 2.45) is 7.05 Å². The van der Waals surface area contributed by atoms with Gasteiger partial charge < -0.3 is 9.47 Å². The maximum Gasteiger partial charge on any atom is 0.123 e. The number of ether oxygens (including phenoxy) is 2. The van der Waals surface area contributed by atoms with Gasteiger partial charge in [0, 0.05) is 39.5 Å². The molecule has 0 saturated carbocycles. The maximum atomic E-state index is 13.5. The molecule has 1 aliphatic heterocycles. The number of aromatic nitrogens is 2. The predicted molar refractivity (Wildman–Crippen MR) is 93.7 cm³/mol. The third-order valence-corrected chi connectivity index (χ3v) is 4.70. The number of halogens is 1. The summed E-state index contributed by atoms with van der Waals surface area (Å²) in [5, 5.41) is 4.27. The number of benzene rings is 1. The summed E-state index contributed by atoms with van der Waals surface area (Å²) in [5.74, 6) is -0.187. The topological polar surface area (TPSA) is 39.5 Å². The van der Waals surface area contributed by atoms with Crippen LogP contribution in [0, 0.1) is 5.82 Å². The number of hydrogen-bond donors (Lipinski definition) is 0. The number of likely N-dealkylation sites (tertiary alicyclic amines) is 1. The standard InChI is InChI=1S/C19H26FN3O2/c1-22-13-16(12-21-22)11-18-19(25-9-8-24-2)6-7-23(18)14-15-4-3-5-17(20)10-15/h3-5,10,12-13,18-19H,6-9,11,14H2,1-2H3/t18-,19+/m1/s1. The highest BCUT2D eigenvalue weighted by molar-refractivity contribution is 5.17. The third-order valence-electron chi connectivity index (χ3n) is 4.70. The van der Waals surface area contributed by atoms with Gasteiger partial charge in [-0.25, -0.2) is 4.39 Å². The largest absolute Gasteiger partial charge is 0.382 e. The van der Waals surface area contributed by atoms with Crippen LogP contribution in [0.1, 0.15) is 17.5 Å². The molecule has 0 amide bonds. The predicted octanol–water partition coefficient (Wildman–Crippen LogP) is 2.41. The minimum atomic E-state index is -0.187. The van der Waals surface area contributed by atoms with Crippen molar-refractivity contribution in [1.82, 2.24) is 14.7 Å². The third kappa shape index (κ3) is 4.87. The number of aryl methyl sites for hydroxylation is 1. The van der Waals surface area contributed by atoms with Gasteiger partial charge >= 0.3 is 0 Å². The molecule has 1 aliphatic rings. The van der Waals surface area contributed by atoms with Crippen LogP contribution in [-0.4, -0.2) is 53.7 Å². The van der Waals surface area contributed by atoms with Gasteiger partial charge in [0.2, 0.25) is 0 Å². The van der Waals surface area contributed by atoms with Gasteiger partial charge in [0.25, 0.3) is 0 Å². The Hall–Kier alpha value is -1.76. The lowest BCUT2D eigenvalue weighted by Crippen LogP contribution is -2.38. The van der Waals surface area contributed by atoms with Crippen LogP contribution >= 0.6 is 0 Å². The second-order valence-electron chi connectivity index (χ2n) is 6.58. The van der Waals surface area contributed by atoms with E-state index in [0.29, 0.717) is 13.2 Å². The quantitative estimate of drug-likeness (QED) is 0.688. The van der Waals surface area contributed by atoms with Gasteiger partial charge in [-0.2, -0.15) is 5.10 Å². The van der Waals surface area contributed by atoms with E-state index in [4.69, 9.17) is 9.47 Å². The van der Waals surface area contributed by atoms with Gasteiger partial charge in [-0.3, -0.25) is 9.58 Å². The number of rotatable bonds is 8. The average molecular weight is 347 g/mol. The summed E-state index contributed by atoms with van der Waals surface area (Å²) in [6.45, 7) is 2.87. The summed E-state index contributed by atoms with van der Waals surface area (Å²) in [4.78, 5) is 2.39. The molecule has 0 aliphatic carbocycles. The number of hydrogen-bond acceptors (Lipinski definition) is 4. The monoisotopic (exact) mass is 347 g/mol. The molecule has 0 radical (unpaired) electrons. The van der Waals surface area contributed by atoms with E-state index in [9.17, 15) is 4.39 Å². The van der Waals surface area contributed by atoms with Crippen LogP contribution in [0.25, 0.3) is 0 Å². The molecule has 0 spiro atoms. The number of methoxy groups -OCH3 is 1. The van der Waals surface area contributed by atoms with E-state index in [2.05, 4.69) is 10.00 Å². The minimum absolute atomic E-state index is 0.156. The van der Waals surface area contributed by atoms with Crippen molar-refractivity contribution >= 4 is 0 Å². The molecule has 1 aromatic heterocycles. The molecular formula is C19H26FN3O2. The first kappa shape index (κ1) is 18.0. The van der Waals surface area contributed by atoms with E-state index in [1.165, 1.54) is 11.6 Å². The van der Waals surface area contributed by atoms with E-state index >= 15 is 0 Å². The fourth-order valence-electron chi connectivity index (χ4n) is 3.51. The first-order valence-electron chi connectivity index (χ1n) is 8.72. The maximum absolute atomic E-state index is 13.5. The SMILES string of the molecule is COCCO[C@H]1CCN(Cc2cccc(F)c2)[C@@H]1Cc1cnn(C)c1. The zero-order valence-electron chi connectivity index (χ0n) is 14.9. The van der Waals surface area contributed by atoms with Crippen molar-refractivity contribution in [2.75, 3.05) is 26.9 Å². The van der Waals surface area contributed by atoms with Crippen molar-refractivity contribution in [3.63, 3.8) is 0 Å². The van der Waals surface area contributed by atoms with Gasteiger partial charge in [-0.1, -0.05) is 12.1 Å². The van der Waals surface area contributed by atoms with Gasteiger partial charge in [0.05, 0.1) is 25.5 Å². The van der Waals surface area contributed by atoms with E-state index in [-0.39, 0.29) is 18.0 Å². The van der Waals surface area contributed by atoms with Crippen LogP contribution < -0.4 is 0 Å². The van der Waals surface area contributed by atoms with Crippen LogP contribution in [0.2, 0.25) is 0 Å². The fraction of sp³-hybridized carbons (Fsp3) is 0.526. The Bertz CT molecular complexity index is 676. The molecule has 1 fully saturated rings. The van der Waals surface area contributed by atoms with Gasteiger partial charge in [-0.05, 0) is 36.1 Å². The Morgan fingerprint density at radius 3 is 2.88 bits per heavy atom. The highest BCUT2D eigenvalue weighted by atomic mass is 19.1. The van der Waals surface area contributed by atoms with E-state index in [1.54, 1.807) is 19.2 Å². The van der Waals surface area contributed by atoms with Crippen molar-refractivity contribution in [2.45, 2.75) is 31.5 Å². The Morgan fingerprint density at radius 2 is 2.16 bits per heavy atom. The summed E-state index contributed by atoms with van der Waals surface area (Å²) < 4.78 is 26.5. The summed E-state index contributed by atoms with van der Waals surface area (Å²) in [6, 6.07) is 7.09. The van der Waals surface area contributed by atoms with Crippen LogP contribution in [0.4, 0.5) is 4.39 Å². The summed E-state index contributed by atoms with van der Waals surface area (Å²) in [6.07, 6.45) is 5.96. The molecular weight excluding hydrogens is 321 g/mol. The van der Waals surface area contributed by atoms with Crippen molar-refractivity contribution in [3.8, 4) is 0 Å². The first-order valence-corrected chi connectivity index (χ1v) is 8.72. The van der Waals surface area contributed by atoms with Gasteiger partial charge in [-0.15, -0.1) is 0 Å². The van der Waals surface area contributed by atoms with Crippen molar-refractivity contribution < 1.29 is 13.9 Å². The summed E-state index contributed by atoms with van der Waals surface area (Å²) in [7, 11) is 3.61. The molecule has 0 N–H and O–H groups in total. The lowest BCUT2D eigenvalue weighted by molar-refractivity contribution is -0.00131. The molecule has 2 atom stereocenters. The van der Waals surface area contributed by atoms with E-state index in [1.807, 2.05) is 30.2 Å². The molecule has 3 rings (SSSR count). The second kappa shape index (κ2) is 8.56. The lowest BCUT2D eigenvalue weighted by atomic mass is 10.0. The smallest absolute Gasteiger partial charge is 0.123 e. The first-order chi connectivity index (χ1) is 12.2. The Labute approximate surface area is 148 Å². The summed E-state index contributed by atoms with van der Waals surface area (Å²) >= 11 is 0. The van der Waals surface area contributed by atoms with Crippen LogP contribution in [0.15, 0.2) is 36.7 Å². The molecule has 25 heavy (non-hydrogen) atoms. The zero-order chi connectivity index (χ0) is 17.6. The molecule has 0 unspecified atom stereocenters. The van der Waals surface area contributed by atoms with Gasteiger partial charge in [0.15, 0.2) is 0 Å². The molecule has 6 heteroatoms. The molecule has 1 aromatic carbocycles. The average Bonchev–Trinajstić information content (AvgIpc) is 3.16. The van der Waals surface area contributed by atoms with E-state index < -0.39 is 0 Å². The van der Waals surface area contributed by atoms with Crippen LogP contribution in [0.3, 0.4) is 0 Å². The van der Waals surface area contributed by atoms with Crippen LogP contribution in [-0.2, 0) is 29.5 Å². The lowest BCUT2D eigenvalue weighted by Gasteiger charge is -2.28. The van der Waals surface area contributed by atoms with Crippen LogP contribution in [0.5, 0.6) is 0 Å². The molecule has 2 aromatic rings. The zero-order valence-corrected chi connectivity index (χ0v) is 14.9. The minimum Gasteiger partial charge on any atom is -0.382 e. The molecule has 136 valence electrons. The molecule has 5 nitrogen and oxygen atoms in total.